The molecule has 0 radical (unpaired) electrons. The Balaban J connectivity index is 1.57. The molecule has 7 nitrogen and oxygen atoms in total. The lowest BCUT2D eigenvalue weighted by atomic mass is 9.97. The predicted molar refractivity (Wildman–Crippen MR) is 102 cm³/mol. The molecule has 0 aliphatic carbocycles. The van der Waals surface area contributed by atoms with Gasteiger partial charge in [0.05, 0.1) is 33.0 Å². The molecule has 2 aliphatic heterocycles. The number of nitrogens with zero attached hydrogens (tertiary/aromatic N) is 2. The lowest BCUT2D eigenvalue weighted by molar-refractivity contribution is 0.0326. The molecule has 7 heteroatoms. The topological polar surface area (TPSA) is 64.4 Å². The number of hydrogen-bond donors (Lipinski definition) is 0. The number of fused-ring (bicyclic) bond motifs is 3. The van der Waals surface area contributed by atoms with Gasteiger partial charge in [-0.25, -0.2) is 4.79 Å². The predicted octanol–water partition coefficient (Wildman–Crippen LogP) is 1.50. The van der Waals surface area contributed by atoms with Crippen molar-refractivity contribution in [3.63, 3.8) is 0 Å². The SMILES string of the molecule is COc1cc2oc(=O)c3c(c2cc1OC)CCN(CCN1CCOCC1)C3. The maximum Gasteiger partial charge on any atom is 0.341 e. The highest BCUT2D eigenvalue weighted by atomic mass is 16.5. The van der Waals surface area contributed by atoms with E-state index in [-0.39, 0.29) is 5.63 Å². The monoisotopic (exact) mass is 374 g/mol. The Morgan fingerprint density at radius 1 is 0.963 bits per heavy atom. The van der Waals surface area contributed by atoms with Crippen molar-refractivity contribution in [3.8, 4) is 11.5 Å². The second-order valence-electron chi connectivity index (χ2n) is 7.03. The third-order valence-electron chi connectivity index (χ3n) is 5.52. The van der Waals surface area contributed by atoms with Crippen LogP contribution in [0.1, 0.15) is 11.1 Å². The van der Waals surface area contributed by atoms with Crippen molar-refractivity contribution in [2.75, 3.05) is 60.2 Å². The van der Waals surface area contributed by atoms with Gasteiger partial charge in [-0.15, -0.1) is 0 Å². The van der Waals surface area contributed by atoms with E-state index in [1.165, 1.54) is 0 Å². The lowest BCUT2D eigenvalue weighted by Gasteiger charge is -2.32. The third kappa shape index (κ3) is 3.67. The van der Waals surface area contributed by atoms with Gasteiger partial charge in [-0.3, -0.25) is 9.80 Å². The van der Waals surface area contributed by atoms with Crippen LogP contribution < -0.4 is 15.1 Å². The minimum atomic E-state index is -0.249. The average molecular weight is 374 g/mol. The zero-order chi connectivity index (χ0) is 18.8. The van der Waals surface area contributed by atoms with Crippen LogP contribution in [0.25, 0.3) is 11.0 Å². The Morgan fingerprint density at radius 2 is 1.67 bits per heavy atom. The maximum atomic E-state index is 12.6. The molecule has 0 amide bonds. The Labute approximate surface area is 158 Å². The molecule has 146 valence electrons. The van der Waals surface area contributed by atoms with Crippen molar-refractivity contribution in [2.45, 2.75) is 13.0 Å². The van der Waals surface area contributed by atoms with Gasteiger partial charge >= 0.3 is 5.63 Å². The molecule has 0 N–H and O–H groups in total. The molecule has 1 aromatic heterocycles. The summed E-state index contributed by atoms with van der Waals surface area (Å²) < 4.78 is 21.7. The van der Waals surface area contributed by atoms with Gasteiger partial charge in [-0.2, -0.15) is 0 Å². The molecule has 1 fully saturated rings. The van der Waals surface area contributed by atoms with Crippen LogP contribution >= 0.6 is 0 Å². The van der Waals surface area contributed by atoms with Crippen LogP contribution in [0.2, 0.25) is 0 Å². The van der Waals surface area contributed by atoms with Gasteiger partial charge in [-0.05, 0) is 18.1 Å². The molecule has 0 saturated carbocycles. The molecule has 27 heavy (non-hydrogen) atoms. The average Bonchev–Trinajstić information content (AvgIpc) is 2.72. The molecule has 2 aliphatic rings. The van der Waals surface area contributed by atoms with E-state index in [9.17, 15) is 4.79 Å². The highest BCUT2D eigenvalue weighted by Crippen LogP contribution is 2.35. The molecule has 2 aromatic rings. The number of ether oxygens (including phenoxy) is 3. The first-order valence-electron chi connectivity index (χ1n) is 9.42. The molecular weight excluding hydrogens is 348 g/mol. The van der Waals surface area contributed by atoms with Crippen molar-refractivity contribution < 1.29 is 18.6 Å². The summed E-state index contributed by atoms with van der Waals surface area (Å²) in [5, 5.41) is 0.940. The van der Waals surface area contributed by atoms with E-state index in [2.05, 4.69) is 9.80 Å². The molecule has 1 aromatic carbocycles. The standard InChI is InChI=1S/C20H26N2O5/c1-24-18-11-15-14-3-4-22(6-5-21-7-9-26-10-8-21)13-16(14)20(23)27-17(15)12-19(18)25-2/h11-12H,3-10,13H2,1-2H3. The molecule has 0 atom stereocenters. The first-order chi connectivity index (χ1) is 13.2. The second-order valence-corrected chi connectivity index (χ2v) is 7.03. The van der Waals surface area contributed by atoms with Crippen LogP contribution in [0.3, 0.4) is 0 Å². The van der Waals surface area contributed by atoms with E-state index in [0.717, 1.165) is 68.9 Å². The largest absolute Gasteiger partial charge is 0.493 e. The quantitative estimate of drug-likeness (QED) is 0.735. The summed E-state index contributed by atoms with van der Waals surface area (Å²) in [6, 6.07) is 3.65. The Morgan fingerprint density at radius 3 is 2.41 bits per heavy atom. The second kappa shape index (κ2) is 7.88. The Bertz CT molecular complexity index is 873. The van der Waals surface area contributed by atoms with E-state index in [1.807, 2.05) is 6.07 Å². The van der Waals surface area contributed by atoms with Crippen molar-refractivity contribution in [3.05, 3.63) is 33.7 Å². The summed E-state index contributed by atoms with van der Waals surface area (Å²) in [5.41, 5.74) is 2.15. The first kappa shape index (κ1) is 18.3. The van der Waals surface area contributed by atoms with Gasteiger partial charge in [0.2, 0.25) is 0 Å². The fraction of sp³-hybridized carbons (Fsp3) is 0.550. The van der Waals surface area contributed by atoms with Crippen LogP contribution in [0, 0.1) is 0 Å². The van der Waals surface area contributed by atoms with Crippen LogP contribution in [0.4, 0.5) is 0 Å². The van der Waals surface area contributed by atoms with Gasteiger partial charge in [0.15, 0.2) is 11.5 Å². The Kier molecular flexibility index (Phi) is 5.33. The maximum absolute atomic E-state index is 12.6. The molecule has 0 spiro atoms. The van der Waals surface area contributed by atoms with Gasteiger partial charge in [0, 0.05) is 50.7 Å². The molecule has 1 saturated heterocycles. The molecule has 0 unspecified atom stereocenters. The van der Waals surface area contributed by atoms with Crippen molar-refractivity contribution in [2.24, 2.45) is 0 Å². The summed E-state index contributed by atoms with van der Waals surface area (Å²) in [7, 11) is 3.19. The highest BCUT2D eigenvalue weighted by molar-refractivity contribution is 5.85. The van der Waals surface area contributed by atoms with Crippen LogP contribution in [0.15, 0.2) is 21.3 Å². The fourth-order valence-corrected chi connectivity index (χ4v) is 3.94. The van der Waals surface area contributed by atoms with E-state index in [1.54, 1.807) is 20.3 Å². The number of rotatable bonds is 5. The zero-order valence-corrected chi connectivity index (χ0v) is 16.0. The third-order valence-corrected chi connectivity index (χ3v) is 5.52. The summed E-state index contributed by atoms with van der Waals surface area (Å²) in [6.45, 7) is 7.10. The van der Waals surface area contributed by atoms with Crippen LogP contribution in [0.5, 0.6) is 11.5 Å². The van der Waals surface area contributed by atoms with Crippen molar-refractivity contribution in [1.29, 1.82) is 0 Å². The minimum absolute atomic E-state index is 0.249. The number of benzene rings is 1. The zero-order valence-electron chi connectivity index (χ0n) is 16.0. The summed E-state index contributed by atoms with van der Waals surface area (Å²) in [5.74, 6) is 1.21. The van der Waals surface area contributed by atoms with Gasteiger partial charge in [0.1, 0.15) is 5.58 Å². The summed E-state index contributed by atoms with van der Waals surface area (Å²) >= 11 is 0. The molecular formula is C20H26N2O5. The molecule has 4 rings (SSSR count). The van der Waals surface area contributed by atoms with Crippen molar-refractivity contribution >= 4 is 11.0 Å². The van der Waals surface area contributed by atoms with E-state index in [0.29, 0.717) is 23.6 Å². The number of methoxy groups -OCH3 is 2. The van der Waals surface area contributed by atoms with Crippen LogP contribution in [-0.4, -0.2) is 70.0 Å². The lowest BCUT2D eigenvalue weighted by Crippen LogP contribution is -2.43. The normalized spacial score (nSPS) is 18.4. The van der Waals surface area contributed by atoms with E-state index >= 15 is 0 Å². The fourth-order valence-electron chi connectivity index (χ4n) is 3.94. The van der Waals surface area contributed by atoms with E-state index < -0.39 is 0 Å². The Hall–Kier alpha value is -2.09. The molecule has 0 bridgehead atoms. The number of hydrogen-bond acceptors (Lipinski definition) is 7. The van der Waals surface area contributed by atoms with E-state index in [4.69, 9.17) is 18.6 Å². The van der Waals surface area contributed by atoms with Gasteiger partial charge in [-0.1, -0.05) is 0 Å². The van der Waals surface area contributed by atoms with Crippen LogP contribution in [-0.2, 0) is 17.7 Å². The smallest absolute Gasteiger partial charge is 0.341 e. The summed E-state index contributed by atoms with van der Waals surface area (Å²) in [4.78, 5) is 17.3. The molecule has 3 heterocycles. The van der Waals surface area contributed by atoms with Crippen molar-refractivity contribution in [1.82, 2.24) is 9.80 Å². The first-order valence-corrected chi connectivity index (χ1v) is 9.42. The summed E-state index contributed by atoms with van der Waals surface area (Å²) in [6.07, 6.45) is 0.829. The van der Waals surface area contributed by atoms with Gasteiger partial charge < -0.3 is 18.6 Å². The number of morpholine rings is 1. The van der Waals surface area contributed by atoms with Gasteiger partial charge in [0.25, 0.3) is 0 Å². The minimum Gasteiger partial charge on any atom is -0.493 e. The highest BCUT2D eigenvalue weighted by Gasteiger charge is 2.24.